The van der Waals surface area contributed by atoms with Crippen molar-refractivity contribution in [2.24, 2.45) is 0 Å². The van der Waals surface area contributed by atoms with Crippen LogP contribution in [0, 0.1) is 0 Å². The topological polar surface area (TPSA) is 98.9 Å². The molecule has 9 heteroatoms. The Morgan fingerprint density at radius 3 is 2.25 bits per heavy atom. The first-order chi connectivity index (χ1) is 15.4. The second-order valence-corrected chi connectivity index (χ2v) is 9.87. The minimum atomic E-state index is -3.17. The molecule has 1 atom stereocenters. The molecule has 1 fully saturated rings. The fourth-order valence-corrected chi connectivity index (χ4v) is 5.46. The van der Waals surface area contributed by atoms with Gasteiger partial charge >= 0.3 is 0 Å². The van der Waals surface area contributed by atoms with Crippen LogP contribution in [0.1, 0.15) is 22.5 Å². The van der Waals surface area contributed by atoms with Gasteiger partial charge in [0, 0.05) is 24.2 Å². The molecular weight excluding hydrogens is 432 g/mol. The van der Waals surface area contributed by atoms with Crippen LogP contribution < -0.4 is 9.47 Å². The zero-order valence-electron chi connectivity index (χ0n) is 17.9. The van der Waals surface area contributed by atoms with E-state index in [1.807, 2.05) is 24.3 Å². The van der Waals surface area contributed by atoms with Crippen LogP contribution in [0.15, 0.2) is 59.1 Å². The van der Waals surface area contributed by atoms with Gasteiger partial charge in [-0.2, -0.15) is 0 Å². The van der Waals surface area contributed by atoms with Crippen LogP contribution in [0.25, 0.3) is 11.3 Å². The lowest BCUT2D eigenvalue weighted by atomic mass is 10.1. The van der Waals surface area contributed by atoms with E-state index in [9.17, 15) is 13.2 Å². The number of nitrogens with zero attached hydrogens (tertiary/aromatic N) is 2. The summed E-state index contributed by atoms with van der Waals surface area (Å²) in [6, 6.07) is 15.7. The molecule has 1 unspecified atom stereocenters. The molecule has 0 aliphatic carbocycles. The third-order valence-electron chi connectivity index (χ3n) is 5.53. The highest BCUT2D eigenvalue weighted by Gasteiger charge is 2.36. The van der Waals surface area contributed by atoms with Gasteiger partial charge in [0.25, 0.3) is 5.91 Å². The third-order valence-corrected chi connectivity index (χ3v) is 7.28. The van der Waals surface area contributed by atoms with Gasteiger partial charge < -0.3 is 18.9 Å². The molecule has 0 bridgehead atoms. The summed E-state index contributed by atoms with van der Waals surface area (Å²) < 4.78 is 39.9. The summed E-state index contributed by atoms with van der Waals surface area (Å²) in [5.41, 5.74) is 1.75. The summed E-state index contributed by atoms with van der Waals surface area (Å²) in [5, 5.41) is 3.97. The lowest BCUT2D eigenvalue weighted by Crippen LogP contribution is -2.40. The number of hydrogen-bond donors (Lipinski definition) is 0. The molecule has 1 aromatic heterocycles. The predicted octanol–water partition coefficient (Wildman–Crippen LogP) is 3.19. The van der Waals surface area contributed by atoms with Crippen LogP contribution in [0.2, 0.25) is 0 Å². The van der Waals surface area contributed by atoms with Gasteiger partial charge in [0.2, 0.25) is 0 Å². The molecule has 2 heterocycles. The maximum absolute atomic E-state index is 13.4. The van der Waals surface area contributed by atoms with Crippen LogP contribution >= 0.6 is 0 Å². The number of ether oxygens (including phenoxy) is 2. The maximum atomic E-state index is 13.4. The molecule has 168 valence electrons. The third kappa shape index (κ3) is 4.77. The Hall–Kier alpha value is -3.33. The van der Waals surface area contributed by atoms with Gasteiger partial charge in [-0.1, -0.05) is 17.3 Å². The van der Waals surface area contributed by atoms with Gasteiger partial charge in [-0.05, 0) is 48.4 Å². The molecule has 0 spiro atoms. The Balaban J connectivity index is 1.59. The van der Waals surface area contributed by atoms with E-state index in [1.165, 1.54) is 0 Å². The van der Waals surface area contributed by atoms with E-state index in [0.29, 0.717) is 23.7 Å². The van der Waals surface area contributed by atoms with Crippen LogP contribution in [-0.2, 0) is 16.4 Å². The fraction of sp³-hybridized carbons (Fsp3) is 0.304. The highest BCUT2D eigenvalue weighted by atomic mass is 32.2. The smallest absolute Gasteiger partial charge is 0.276 e. The zero-order valence-corrected chi connectivity index (χ0v) is 18.7. The Kier molecular flexibility index (Phi) is 6.18. The van der Waals surface area contributed by atoms with Gasteiger partial charge in [0.05, 0.1) is 25.7 Å². The second kappa shape index (κ2) is 9.04. The van der Waals surface area contributed by atoms with Crippen molar-refractivity contribution in [2.45, 2.75) is 19.0 Å². The Morgan fingerprint density at radius 2 is 1.69 bits per heavy atom. The van der Waals surface area contributed by atoms with Gasteiger partial charge in [-0.3, -0.25) is 4.79 Å². The Labute approximate surface area is 186 Å². The summed E-state index contributed by atoms with van der Waals surface area (Å²) in [4.78, 5) is 15.0. The standard InChI is InChI=1S/C23H24N2O6S/c1-29-19-7-3-16(4-8-19)14-25(18-11-12-32(27,28)15-18)23(26)21-13-22(31-24-21)17-5-9-20(30-2)10-6-17/h3-10,13,18H,11-12,14-15H2,1-2H3. The molecule has 2 aromatic carbocycles. The Bertz CT molecular complexity index is 1190. The van der Waals surface area contributed by atoms with E-state index in [2.05, 4.69) is 5.16 Å². The van der Waals surface area contributed by atoms with Crippen LogP contribution in [0.5, 0.6) is 11.5 Å². The first-order valence-corrected chi connectivity index (χ1v) is 12.0. The average molecular weight is 457 g/mol. The van der Waals surface area contributed by atoms with E-state index < -0.39 is 15.9 Å². The number of carbonyl (C=O) groups is 1. The highest BCUT2D eigenvalue weighted by Crippen LogP contribution is 2.26. The first-order valence-electron chi connectivity index (χ1n) is 10.1. The summed E-state index contributed by atoms with van der Waals surface area (Å²) in [6.07, 6.45) is 0.396. The summed E-state index contributed by atoms with van der Waals surface area (Å²) in [5.74, 6) is 1.50. The molecule has 32 heavy (non-hydrogen) atoms. The lowest BCUT2D eigenvalue weighted by molar-refractivity contribution is 0.0670. The number of benzene rings is 2. The Morgan fingerprint density at radius 1 is 1.06 bits per heavy atom. The molecule has 0 N–H and O–H groups in total. The number of hydrogen-bond acceptors (Lipinski definition) is 7. The monoisotopic (exact) mass is 456 g/mol. The van der Waals surface area contributed by atoms with Crippen molar-refractivity contribution in [3.8, 4) is 22.8 Å². The summed E-state index contributed by atoms with van der Waals surface area (Å²) in [7, 11) is -0.00643. The van der Waals surface area contributed by atoms with E-state index >= 15 is 0 Å². The number of amides is 1. The fourth-order valence-electron chi connectivity index (χ4n) is 3.73. The number of methoxy groups -OCH3 is 2. The van der Waals surface area contributed by atoms with Crippen molar-refractivity contribution >= 4 is 15.7 Å². The van der Waals surface area contributed by atoms with Crippen molar-refractivity contribution in [1.82, 2.24) is 10.1 Å². The van der Waals surface area contributed by atoms with E-state index in [0.717, 1.165) is 11.1 Å². The molecule has 3 aromatic rings. The predicted molar refractivity (Wildman–Crippen MR) is 118 cm³/mol. The van der Waals surface area contributed by atoms with E-state index in [-0.39, 0.29) is 29.7 Å². The highest BCUT2D eigenvalue weighted by molar-refractivity contribution is 7.91. The number of sulfone groups is 1. The van der Waals surface area contributed by atoms with E-state index in [4.69, 9.17) is 14.0 Å². The van der Waals surface area contributed by atoms with Crippen molar-refractivity contribution < 1.29 is 27.2 Å². The number of carbonyl (C=O) groups excluding carboxylic acids is 1. The largest absolute Gasteiger partial charge is 0.497 e. The molecule has 0 saturated carbocycles. The van der Waals surface area contributed by atoms with Gasteiger partial charge in [0.15, 0.2) is 21.3 Å². The molecule has 1 aliphatic heterocycles. The number of rotatable bonds is 7. The molecular formula is C23H24N2O6S. The van der Waals surface area contributed by atoms with Crippen LogP contribution in [0.3, 0.4) is 0 Å². The normalized spacial score (nSPS) is 17.1. The quantitative estimate of drug-likeness (QED) is 0.538. The van der Waals surface area contributed by atoms with Gasteiger partial charge in [0.1, 0.15) is 11.5 Å². The minimum Gasteiger partial charge on any atom is -0.497 e. The second-order valence-electron chi connectivity index (χ2n) is 7.64. The van der Waals surface area contributed by atoms with Crippen LogP contribution in [0.4, 0.5) is 0 Å². The summed E-state index contributed by atoms with van der Waals surface area (Å²) >= 11 is 0. The first kappa shape index (κ1) is 21.9. The molecule has 8 nitrogen and oxygen atoms in total. The average Bonchev–Trinajstić information content (AvgIpc) is 3.44. The lowest BCUT2D eigenvalue weighted by Gasteiger charge is -2.27. The molecule has 1 amide bonds. The van der Waals surface area contributed by atoms with Crippen molar-refractivity contribution in [3.05, 3.63) is 65.9 Å². The minimum absolute atomic E-state index is 0.0575. The van der Waals surface area contributed by atoms with E-state index in [1.54, 1.807) is 49.5 Å². The number of aromatic nitrogens is 1. The van der Waals surface area contributed by atoms with Crippen molar-refractivity contribution in [3.63, 3.8) is 0 Å². The zero-order chi connectivity index (χ0) is 22.7. The van der Waals surface area contributed by atoms with Crippen molar-refractivity contribution in [2.75, 3.05) is 25.7 Å². The molecule has 4 rings (SSSR count). The van der Waals surface area contributed by atoms with Gasteiger partial charge in [-0.15, -0.1) is 0 Å². The summed E-state index contributed by atoms with van der Waals surface area (Å²) in [6.45, 7) is 0.258. The van der Waals surface area contributed by atoms with Crippen molar-refractivity contribution in [1.29, 1.82) is 0 Å². The maximum Gasteiger partial charge on any atom is 0.276 e. The SMILES string of the molecule is COc1ccc(CN(C(=O)c2cc(-c3ccc(OC)cc3)on2)C2CCS(=O)(=O)C2)cc1. The molecule has 1 saturated heterocycles. The van der Waals surface area contributed by atoms with Crippen LogP contribution in [-0.4, -0.2) is 56.1 Å². The van der Waals surface area contributed by atoms with Gasteiger partial charge in [-0.25, -0.2) is 8.42 Å². The molecule has 0 radical (unpaired) electrons. The molecule has 1 aliphatic rings.